The van der Waals surface area contributed by atoms with Gasteiger partial charge >= 0.3 is 0 Å². The molecule has 3 N–H and O–H groups in total. The summed E-state index contributed by atoms with van der Waals surface area (Å²) in [7, 11) is 0. The first kappa shape index (κ1) is 13.3. The maximum absolute atomic E-state index is 11.9. The lowest BCUT2D eigenvalue weighted by Gasteiger charge is -2.08. The molecule has 0 saturated heterocycles. The van der Waals surface area contributed by atoms with Gasteiger partial charge in [-0.25, -0.2) is 0 Å². The number of nitrogens with one attached hydrogen (secondary N) is 1. The van der Waals surface area contributed by atoms with Crippen LogP contribution >= 0.6 is 27.3 Å². The summed E-state index contributed by atoms with van der Waals surface area (Å²) in [6, 6.07) is 9.72. The number of benzene rings is 1. The van der Waals surface area contributed by atoms with Gasteiger partial charge in [0.2, 0.25) is 0 Å². The van der Waals surface area contributed by atoms with Crippen molar-refractivity contribution in [1.29, 1.82) is 0 Å². The largest absolute Gasteiger partial charge is 0.347 e. The van der Waals surface area contributed by atoms with Gasteiger partial charge in [-0.15, -0.1) is 11.3 Å². The molecule has 1 heterocycles. The van der Waals surface area contributed by atoms with Crippen molar-refractivity contribution in [3.05, 3.63) is 56.2 Å². The second-order valence-electron chi connectivity index (χ2n) is 3.75. The number of thiophene rings is 1. The van der Waals surface area contributed by atoms with E-state index in [0.29, 0.717) is 18.0 Å². The zero-order chi connectivity index (χ0) is 13.0. The Morgan fingerprint density at radius 2 is 2.00 bits per heavy atom. The van der Waals surface area contributed by atoms with E-state index in [1.165, 1.54) is 11.3 Å². The lowest BCUT2D eigenvalue weighted by Crippen LogP contribution is -2.23. The van der Waals surface area contributed by atoms with Crippen LogP contribution in [0.2, 0.25) is 0 Å². The Morgan fingerprint density at radius 1 is 1.28 bits per heavy atom. The van der Waals surface area contributed by atoms with Gasteiger partial charge in [-0.05, 0) is 38.5 Å². The Balaban J connectivity index is 2.04. The second kappa shape index (κ2) is 6.13. The number of hydrogen-bond donors (Lipinski definition) is 2. The minimum atomic E-state index is -0.0660. The Kier molecular flexibility index (Phi) is 4.52. The highest BCUT2D eigenvalue weighted by Gasteiger charge is 2.11. The van der Waals surface area contributed by atoms with Gasteiger partial charge in [0.05, 0.1) is 0 Å². The molecule has 0 atom stereocenters. The monoisotopic (exact) mass is 324 g/mol. The molecule has 0 unspecified atom stereocenters. The molecule has 0 aliphatic rings. The van der Waals surface area contributed by atoms with Crippen LogP contribution in [0, 0.1) is 0 Å². The highest BCUT2D eigenvalue weighted by molar-refractivity contribution is 9.10. The zero-order valence-electron chi connectivity index (χ0n) is 9.65. The Labute approximate surface area is 118 Å². The molecule has 0 spiro atoms. The smallest absolute Gasteiger partial charge is 0.262 e. The lowest BCUT2D eigenvalue weighted by atomic mass is 10.1. The summed E-state index contributed by atoms with van der Waals surface area (Å²) in [5, 5.41) is 4.78. The quantitative estimate of drug-likeness (QED) is 0.908. The molecule has 5 heteroatoms. The number of hydrogen-bond acceptors (Lipinski definition) is 3. The molecule has 2 aromatic rings. The van der Waals surface area contributed by atoms with Gasteiger partial charge in [0.15, 0.2) is 0 Å². The summed E-state index contributed by atoms with van der Waals surface area (Å²) in [4.78, 5) is 12.6. The molecule has 18 heavy (non-hydrogen) atoms. The third-order valence-corrected chi connectivity index (χ3v) is 4.44. The topological polar surface area (TPSA) is 55.1 Å². The zero-order valence-corrected chi connectivity index (χ0v) is 12.1. The van der Waals surface area contributed by atoms with E-state index in [0.717, 1.165) is 15.6 Å². The van der Waals surface area contributed by atoms with Crippen LogP contribution in [0.25, 0.3) is 0 Å². The summed E-state index contributed by atoms with van der Waals surface area (Å²) >= 11 is 4.77. The maximum Gasteiger partial charge on any atom is 0.262 e. The molecule has 3 nitrogen and oxygen atoms in total. The first-order valence-electron chi connectivity index (χ1n) is 5.50. The van der Waals surface area contributed by atoms with Crippen molar-refractivity contribution < 1.29 is 4.79 Å². The average Bonchev–Trinajstić information content (AvgIpc) is 2.82. The second-order valence-corrected chi connectivity index (χ2v) is 5.52. The number of carbonyl (C=O) groups excluding carboxylic acids is 1. The number of rotatable bonds is 4. The van der Waals surface area contributed by atoms with E-state index in [1.54, 1.807) is 0 Å². The summed E-state index contributed by atoms with van der Waals surface area (Å²) in [6.45, 7) is 0.977. The summed E-state index contributed by atoms with van der Waals surface area (Å²) < 4.78 is 0.831. The van der Waals surface area contributed by atoms with Gasteiger partial charge < -0.3 is 11.1 Å². The fourth-order valence-electron chi connectivity index (χ4n) is 1.64. The van der Waals surface area contributed by atoms with E-state index < -0.39 is 0 Å². The van der Waals surface area contributed by atoms with E-state index in [2.05, 4.69) is 21.2 Å². The van der Waals surface area contributed by atoms with E-state index in [4.69, 9.17) is 5.73 Å². The van der Waals surface area contributed by atoms with Crippen LogP contribution in [0.1, 0.15) is 20.8 Å². The molecule has 2 rings (SSSR count). The Hall–Kier alpha value is -1.17. The predicted octanol–water partition coefficient (Wildman–Crippen LogP) is 2.90. The third kappa shape index (κ3) is 2.98. The number of nitrogens with two attached hydrogens (primary N) is 1. The molecule has 0 aliphatic carbocycles. The fourth-order valence-corrected chi connectivity index (χ4v) is 3.11. The van der Waals surface area contributed by atoms with Gasteiger partial charge in [-0.1, -0.05) is 24.3 Å². The highest BCUT2D eigenvalue weighted by atomic mass is 79.9. The molecular weight excluding hydrogens is 312 g/mol. The molecule has 0 aliphatic heterocycles. The van der Waals surface area contributed by atoms with Gasteiger partial charge in [0.25, 0.3) is 5.91 Å². The first-order chi connectivity index (χ1) is 8.72. The van der Waals surface area contributed by atoms with Crippen LogP contribution in [0.4, 0.5) is 0 Å². The molecule has 0 bridgehead atoms. The van der Waals surface area contributed by atoms with Crippen LogP contribution in [-0.2, 0) is 13.1 Å². The van der Waals surface area contributed by atoms with E-state index in [1.807, 2.05) is 35.7 Å². The predicted molar refractivity (Wildman–Crippen MR) is 77.5 cm³/mol. The van der Waals surface area contributed by atoms with Crippen molar-refractivity contribution in [2.75, 3.05) is 0 Å². The average molecular weight is 325 g/mol. The highest BCUT2D eigenvalue weighted by Crippen LogP contribution is 2.22. The molecule has 0 fully saturated rings. The number of carbonyl (C=O) groups is 1. The standard InChI is InChI=1S/C13H13BrN2OS/c14-11-5-6-18-12(11)13(17)16-8-10-4-2-1-3-9(10)7-15/h1-6H,7-8,15H2,(H,16,17). The van der Waals surface area contributed by atoms with Crippen LogP contribution in [0.5, 0.6) is 0 Å². The number of amides is 1. The van der Waals surface area contributed by atoms with Gasteiger partial charge in [0.1, 0.15) is 4.88 Å². The molecular formula is C13H13BrN2OS. The third-order valence-electron chi connectivity index (χ3n) is 2.60. The van der Waals surface area contributed by atoms with Crippen LogP contribution in [0.3, 0.4) is 0 Å². The summed E-state index contributed by atoms with van der Waals surface area (Å²) in [5.41, 5.74) is 7.77. The molecule has 0 radical (unpaired) electrons. The van der Waals surface area contributed by atoms with Crippen molar-refractivity contribution in [3.63, 3.8) is 0 Å². The molecule has 1 aromatic carbocycles. The summed E-state index contributed by atoms with van der Waals surface area (Å²) in [5.74, 6) is -0.0660. The lowest BCUT2D eigenvalue weighted by molar-refractivity contribution is 0.0954. The minimum Gasteiger partial charge on any atom is -0.347 e. The van der Waals surface area contributed by atoms with Crippen molar-refractivity contribution in [2.24, 2.45) is 5.73 Å². The van der Waals surface area contributed by atoms with Crippen LogP contribution < -0.4 is 11.1 Å². The van der Waals surface area contributed by atoms with Crippen molar-refractivity contribution in [1.82, 2.24) is 5.32 Å². The van der Waals surface area contributed by atoms with E-state index in [9.17, 15) is 4.79 Å². The van der Waals surface area contributed by atoms with Crippen molar-refractivity contribution in [3.8, 4) is 0 Å². The first-order valence-corrected chi connectivity index (χ1v) is 7.17. The van der Waals surface area contributed by atoms with Gasteiger partial charge in [-0.3, -0.25) is 4.79 Å². The Morgan fingerprint density at radius 3 is 2.61 bits per heavy atom. The van der Waals surface area contributed by atoms with Crippen molar-refractivity contribution in [2.45, 2.75) is 13.1 Å². The van der Waals surface area contributed by atoms with Crippen LogP contribution in [-0.4, -0.2) is 5.91 Å². The van der Waals surface area contributed by atoms with Crippen LogP contribution in [0.15, 0.2) is 40.2 Å². The van der Waals surface area contributed by atoms with Gasteiger partial charge in [0, 0.05) is 17.6 Å². The minimum absolute atomic E-state index is 0.0660. The molecule has 1 amide bonds. The van der Waals surface area contributed by atoms with E-state index in [-0.39, 0.29) is 5.91 Å². The normalized spacial score (nSPS) is 10.3. The fraction of sp³-hybridized carbons (Fsp3) is 0.154. The van der Waals surface area contributed by atoms with E-state index >= 15 is 0 Å². The maximum atomic E-state index is 11.9. The number of halogens is 1. The molecule has 94 valence electrons. The molecule has 1 aromatic heterocycles. The SMILES string of the molecule is NCc1ccccc1CNC(=O)c1sccc1Br. The van der Waals surface area contributed by atoms with Gasteiger partial charge in [-0.2, -0.15) is 0 Å². The summed E-state index contributed by atoms with van der Waals surface area (Å²) in [6.07, 6.45) is 0. The van der Waals surface area contributed by atoms with Crippen molar-refractivity contribution >= 4 is 33.2 Å². The Bertz CT molecular complexity index is 553. The molecule has 0 saturated carbocycles.